The lowest BCUT2D eigenvalue weighted by Crippen LogP contribution is -2.40. The molecule has 0 amide bonds. The van der Waals surface area contributed by atoms with E-state index in [0.717, 1.165) is 32.5 Å². The van der Waals surface area contributed by atoms with Crippen molar-refractivity contribution in [2.45, 2.75) is 44.2 Å². The molecule has 1 fully saturated rings. The fraction of sp³-hybridized carbons (Fsp3) is 0.625. The van der Waals surface area contributed by atoms with Gasteiger partial charge in [-0.1, -0.05) is 6.07 Å². The lowest BCUT2D eigenvalue weighted by atomic mass is 9.85. The number of aromatic hydroxyl groups is 1. The van der Waals surface area contributed by atoms with Crippen LogP contribution in [0.3, 0.4) is 0 Å². The molecule has 0 aromatic heterocycles. The van der Waals surface area contributed by atoms with Gasteiger partial charge in [-0.2, -0.15) is 0 Å². The molecule has 104 valence electrons. The minimum Gasteiger partial charge on any atom is -0.508 e. The Labute approximate surface area is 115 Å². The Morgan fingerprint density at radius 2 is 2.00 bits per heavy atom. The predicted molar refractivity (Wildman–Crippen MR) is 75.4 cm³/mol. The third kappa shape index (κ3) is 2.63. The van der Waals surface area contributed by atoms with E-state index in [-0.39, 0.29) is 0 Å². The second-order valence-electron chi connectivity index (χ2n) is 5.80. The summed E-state index contributed by atoms with van der Waals surface area (Å²) in [6.07, 6.45) is 5.82. The number of fused-ring (bicyclic) bond motifs is 1. The van der Waals surface area contributed by atoms with Crippen molar-refractivity contribution in [3.8, 4) is 5.75 Å². The van der Waals surface area contributed by atoms with Gasteiger partial charge in [-0.05, 0) is 62.4 Å². The van der Waals surface area contributed by atoms with Crippen molar-refractivity contribution in [2.75, 3.05) is 20.3 Å². The van der Waals surface area contributed by atoms with E-state index >= 15 is 0 Å². The molecule has 1 heterocycles. The van der Waals surface area contributed by atoms with Crippen LogP contribution in [0, 0.1) is 0 Å². The second-order valence-corrected chi connectivity index (χ2v) is 5.80. The molecular formula is C16H23NO2. The van der Waals surface area contributed by atoms with E-state index in [4.69, 9.17) is 4.74 Å². The highest BCUT2D eigenvalue weighted by Gasteiger charge is 2.29. The molecule has 0 spiro atoms. The van der Waals surface area contributed by atoms with Crippen molar-refractivity contribution in [2.24, 2.45) is 0 Å². The van der Waals surface area contributed by atoms with Crippen molar-refractivity contribution in [3.63, 3.8) is 0 Å². The number of phenolic OH excluding ortho intramolecular Hbond substituents is 1. The van der Waals surface area contributed by atoms with Crippen LogP contribution in [-0.4, -0.2) is 36.3 Å². The first-order valence-electron chi connectivity index (χ1n) is 7.37. The largest absolute Gasteiger partial charge is 0.508 e. The maximum Gasteiger partial charge on any atom is 0.115 e. The van der Waals surface area contributed by atoms with E-state index in [1.165, 1.54) is 24.0 Å². The lowest BCUT2D eigenvalue weighted by Gasteiger charge is -2.40. The average molecular weight is 261 g/mol. The fourth-order valence-electron chi connectivity index (χ4n) is 3.55. The Morgan fingerprint density at radius 3 is 2.79 bits per heavy atom. The Bertz CT molecular complexity index is 440. The van der Waals surface area contributed by atoms with Gasteiger partial charge in [0.1, 0.15) is 5.75 Å². The van der Waals surface area contributed by atoms with Crippen molar-refractivity contribution in [1.29, 1.82) is 0 Å². The van der Waals surface area contributed by atoms with Gasteiger partial charge in [-0.15, -0.1) is 0 Å². The highest BCUT2D eigenvalue weighted by Crippen LogP contribution is 2.37. The lowest BCUT2D eigenvalue weighted by molar-refractivity contribution is 0.0252. The van der Waals surface area contributed by atoms with Crippen LogP contribution in [0.4, 0.5) is 0 Å². The van der Waals surface area contributed by atoms with Gasteiger partial charge >= 0.3 is 0 Å². The summed E-state index contributed by atoms with van der Waals surface area (Å²) in [6.45, 7) is 1.79. The van der Waals surface area contributed by atoms with Gasteiger partial charge in [0.05, 0.1) is 0 Å². The summed E-state index contributed by atoms with van der Waals surface area (Å²) in [6, 6.07) is 7.03. The summed E-state index contributed by atoms with van der Waals surface area (Å²) in [4.78, 5) is 2.54. The highest BCUT2D eigenvalue weighted by atomic mass is 16.5. The molecule has 3 rings (SSSR count). The number of rotatable bonds is 2. The molecule has 2 aliphatic rings. The van der Waals surface area contributed by atoms with E-state index in [0.29, 0.717) is 17.8 Å². The Hall–Kier alpha value is -1.06. The first-order chi connectivity index (χ1) is 9.25. The van der Waals surface area contributed by atoms with E-state index in [1.54, 1.807) is 0 Å². The molecule has 3 nitrogen and oxygen atoms in total. The maximum absolute atomic E-state index is 9.63. The summed E-state index contributed by atoms with van der Waals surface area (Å²) < 4.78 is 5.46. The Morgan fingerprint density at radius 1 is 1.21 bits per heavy atom. The number of aryl methyl sites for hydroxylation is 1. The molecule has 1 aliphatic carbocycles. The third-order valence-corrected chi connectivity index (χ3v) is 4.67. The second kappa shape index (κ2) is 5.51. The highest BCUT2D eigenvalue weighted by molar-refractivity contribution is 5.38. The summed E-state index contributed by atoms with van der Waals surface area (Å²) in [5.41, 5.74) is 2.74. The first-order valence-corrected chi connectivity index (χ1v) is 7.37. The molecule has 1 atom stereocenters. The molecule has 1 unspecified atom stereocenters. The zero-order chi connectivity index (χ0) is 13.2. The van der Waals surface area contributed by atoms with Crippen LogP contribution in [0.25, 0.3) is 0 Å². The molecule has 3 heteroatoms. The normalized spacial score (nSPS) is 24.4. The summed E-state index contributed by atoms with van der Waals surface area (Å²) in [5.74, 6) is 0.396. The molecule has 1 aromatic carbocycles. The van der Waals surface area contributed by atoms with Gasteiger partial charge in [0, 0.05) is 25.3 Å². The number of phenols is 1. The molecule has 1 N–H and O–H groups in total. The minimum absolute atomic E-state index is 0.396. The summed E-state index contributed by atoms with van der Waals surface area (Å²) >= 11 is 0. The van der Waals surface area contributed by atoms with E-state index in [1.807, 2.05) is 12.1 Å². The molecule has 1 aliphatic heterocycles. The van der Waals surface area contributed by atoms with Crippen LogP contribution in [0.2, 0.25) is 0 Å². The van der Waals surface area contributed by atoms with Crippen LogP contribution >= 0.6 is 0 Å². The number of ether oxygens (including phenoxy) is 1. The molecule has 1 aromatic rings. The van der Waals surface area contributed by atoms with Crippen LogP contribution < -0.4 is 0 Å². The van der Waals surface area contributed by atoms with Gasteiger partial charge in [0.2, 0.25) is 0 Å². The van der Waals surface area contributed by atoms with Crippen molar-refractivity contribution >= 4 is 0 Å². The van der Waals surface area contributed by atoms with E-state index < -0.39 is 0 Å². The van der Waals surface area contributed by atoms with Gasteiger partial charge in [-0.3, -0.25) is 4.90 Å². The molecule has 0 radical (unpaired) electrons. The summed E-state index contributed by atoms with van der Waals surface area (Å²) in [7, 11) is 2.25. The van der Waals surface area contributed by atoms with Crippen molar-refractivity contribution in [3.05, 3.63) is 29.3 Å². The average Bonchev–Trinajstić information content (AvgIpc) is 2.46. The van der Waals surface area contributed by atoms with E-state index in [2.05, 4.69) is 18.0 Å². The SMILES string of the molecule is CN(C1CCOCC1)C1CCCc2cc(O)ccc21. The molecule has 0 bridgehead atoms. The van der Waals surface area contributed by atoms with Crippen LogP contribution in [0.1, 0.15) is 42.9 Å². The monoisotopic (exact) mass is 261 g/mol. The van der Waals surface area contributed by atoms with Gasteiger partial charge in [0.15, 0.2) is 0 Å². The molecule has 19 heavy (non-hydrogen) atoms. The zero-order valence-corrected chi connectivity index (χ0v) is 11.6. The molecule has 0 saturated carbocycles. The summed E-state index contributed by atoms with van der Waals surface area (Å²) in [5, 5.41) is 9.63. The topological polar surface area (TPSA) is 32.7 Å². The van der Waals surface area contributed by atoms with Crippen LogP contribution in [0.5, 0.6) is 5.75 Å². The standard InChI is InChI=1S/C16H23NO2/c1-17(13-7-9-19-10-8-13)16-4-2-3-12-11-14(18)5-6-15(12)16/h5-6,11,13,16,18H,2-4,7-10H2,1H3. The van der Waals surface area contributed by atoms with Crippen LogP contribution in [0.15, 0.2) is 18.2 Å². The first kappa shape index (κ1) is 12.9. The van der Waals surface area contributed by atoms with Crippen molar-refractivity contribution in [1.82, 2.24) is 4.90 Å². The minimum atomic E-state index is 0.396. The Kier molecular flexibility index (Phi) is 3.76. The molecular weight excluding hydrogens is 238 g/mol. The number of benzene rings is 1. The van der Waals surface area contributed by atoms with Gasteiger partial charge in [0.25, 0.3) is 0 Å². The fourth-order valence-corrected chi connectivity index (χ4v) is 3.55. The number of hydrogen-bond acceptors (Lipinski definition) is 3. The zero-order valence-electron chi connectivity index (χ0n) is 11.6. The predicted octanol–water partition coefficient (Wildman–Crippen LogP) is 2.88. The Balaban J connectivity index is 1.82. The quantitative estimate of drug-likeness (QED) is 0.888. The van der Waals surface area contributed by atoms with Gasteiger partial charge in [-0.25, -0.2) is 0 Å². The molecule has 1 saturated heterocycles. The van der Waals surface area contributed by atoms with Gasteiger partial charge < -0.3 is 9.84 Å². The number of hydrogen-bond donors (Lipinski definition) is 1. The van der Waals surface area contributed by atoms with Crippen molar-refractivity contribution < 1.29 is 9.84 Å². The smallest absolute Gasteiger partial charge is 0.115 e. The third-order valence-electron chi connectivity index (χ3n) is 4.67. The van der Waals surface area contributed by atoms with E-state index in [9.17, 15) is 5.11 Å². The number of nitrogens with zero attached hydrogens (tertiary/aromatic N) is 1. The van der Waals surface area contributed by atoms with Crippen LogP contribution in [-0.2, 0) is 11.2 Å². The maximum atomic E-state index is 9.63.